The zero-order valence-corrected chi connectivity index (χ0v) is 13.2. The minimum atomic E-state index is -1.02. The molecule has 1 N–H and O–H groups in total. The first-order chi connectivity index (χ1) is 9.79. The molecule has 1 aliphatic carbocycles. The van der Waals surface area contributed by atoms with Gasteiger partial charge in [-0.25, -0.2) is 0 Å². The van der Waals surface area contributed by atoms with Crippen LogP contribution in [0.2, 0.25) is 0 Å². The van der Waals surface area contributed by atoms with Gasteiger partial charge in [-0.15, -0.1) is 0 Å². The van der Waals surface area contributed by atoms with Gasteiger partial charge in [-0.1, -0.05) is 6.92 Å². The summed E-state index contributed by atoms with van der Waals surface area (Å²) in [6.45, 7) is 3.61. The van der Waals surface area contributed by atoms with E-state index in [0.717, 1.165) is 0 Å². The molecule has 21 heavy (non-hydrogen) atoms. The normalized spacial score (nSPS) is 23.8. The van der Waals surface area contributed by atoms with Gasteiger partial charge in [-0.2, -0.15) is 5.26 Å². The number of hydrogen-bond acceptors (Lipinski definition) is 4. The summed E-state index contributed by atoms with van der Waals surface area (Å²) < 4.78 is 0.555. The molecule has 1 aromatic rings. The predicted molar refractivity (Wildman–Crippen MR) is 80.6 cm³/mol. The summed E-state index contributed by atoms with van der Waals surface area (Å²) in [7, 11) is 0. The van der Waals surface area contributed by atoms with E-state index < -0.39 is 16.2 Å². The van der Waals surface area contributed by atoms with E-state index in [-0.39, 0.29) is 5.69 Å². The molecule has 1 fully saturated rings. The molecular formula is C14H14BrN3O3. The van der Waals surface area contributed by atoms with Crippen LogP contribution in [0.3, 0.4) is 0 Å². The summed E-state index contributed by atoms with van der Waals surface area (Å²) in [5.41, 5.74) is -0.275. The number of aryl methyl sites for hydroxylation is 1. The lowest BCUT2D eigenvalue weighted by Crippen LogP contribution is -2.45. The molecule has 110 valence electrons. The molecule has 1 amide bonds. The Balaban J connectivity index is 2.28. The molecule has 1 saturated carbocycles. The summed E-state index contributed by atoms with van der Waals surface area (Å²) in [6.07, 6.45) is 1.03. The fourth-order valence-electron chi connectivity index (χ4n) is 2.65. The van der Waals surface area contributed by atoms with Gasteiger partial charge in [0.1, 0.15) is 5.41 Å². The maximum Gasteiger partial charge on any atom is 0.274 e. The average Bonchev–Trinajstić information content (AvgIpc) is 2.37. The number of carbonyl (C=O) groups is 1. The summed E-state index contributed by atoms with van der Waals surface area (Å²) in [4.78, 5) is 22.7. The Hall–Kier alpha value is -1.94. The molecule has 1 aliphatic rings. The number of nitrogens with one attached hydrogen (secondary N) is 1. The molecule has 6 nitrogen and oxygen atoms in total. The largest absolute Gasteiger partial charge is 0.323 e. The maximum atomic E-state index is 12.3. The Labute approximate surface area is 130 Å². The third-order valence-corrected chi connectivity index (χ3v) is 4.43. The van der Waals surface area contributed by atoms with Crippen LogP contribution in [0.1, 0.15) is 25.3 Å². The Morgan fingerprint density at radius 2 is 2.19 bits per heavy atom. The van der Waals surface area contributed by atoms with E-state index in [4.69, 9.17) is 0 Å². The third kappa shape index (κ3) is 2.76. The van der Waals surface area contributed by atoms with Crippen molar-refractivity contribution < 1.29 is 9.72 Å². The van der Waals surface area contributed by atoms with Crippen molar-refractivity contribution in [3.05, 3.63) is 32.3 Å². The number of anilines is 1. The molecule has 1 aromatic carbocycles. The predicted octanol–water partition coefficient (Wildman–Crippen LogP) is 3.54. The number of amides is 1. The Bertz CT molecular complexity index is 660. The van der Waals surface area contributed by atoms with Crippen molar-refractivity contribution in [1.29, 1.82) is 5.26 Å². The first-order valence-electron chi connectivity index (χ1n) is 6.46. The quantitative estimate of drug-likeness (QED) is 0.665. The molecule has 0 aliphatic heterocycles. The number of nitriles is 1. The highest BCUT2D eigenvalue weighted by atomic mass is 79.9. The topological polar surface area (TPSA) is 96.0 Å². The number of halogens is 1. The number of nitro benzene ring substituents is 1. The fourth-order valence-corrected chi connectivity index (χ4v) is 3.21. The van der Waals surface area contributed by atoms with Crippen molar-refractivity contribution in [2.24, 2.45) is 11.3 Å². The highest BCUT2D eigenvalue weighted by molar-refractivity contribution is 9.10. The van der Waals surface area contributed by atoms with Gasteiger partial charge < -0.3 is 5.32 Å². The number of nitrogens with zero attached hydrogens (tertiary/aromatic N) is 2. The number of carbonyl (C=O) groups excluding carboxylic acids is 1. The molecule has 0 saturated heterocycles. The van der Waals surface area contributed by atoms with E-state index in [1.54, 1.807) is 13.0 Å². The van der Waals surface area contributed by atoms with Gasteiger partial charge in [0.25, 0.3) is 5.69 Å². The maximum absolute atomic E-state index is 12.3. The van der Waals surface area contributed by atoms with Crippen molar-refractivity contribution in [3.8, 4) is 6.07 Å². The SMILES string of the molecule is Cc1cc(Br)c(NC(=O)C2(C#N)CC(C)C2)cc1[N+](=O)[O-]. The van der Waals surface area contributed by atoms with Crippen molar-refractivity contribution in [3.63, 3.8) is 0 Å². The minimum absolute atomic E-state index is 0.0681. The fraction of sp³-hybridized carbons (Fsp3) is 0.429. The molecule has 0 bridgehead atoms. The minimum Gasteiger partial charge on any atom is -0.323 e. The molecule has 0 radical (unpaired) electrons. The zero-order valence-electron chi connectivity index (χ0n) is 11.6. The lowest BCUT2D eigenvalue weighted by atomic mass is 9.63. The van der Waals surface area contributed by atoms with Gasteiger partial charge in [-0.05, 0) is 47.7 Å². The number of hydrogen-bond donors (Lipinski definition) is 1. The summed E-state index contributed by atoms with van der Waals surface area (Å²) in [5, 5.41) is 22.8. The second-order valence-electron chi connectivity index (χ2n) is 5.54. The van der Waals surface area contributed by atoms with Crippen LogP contribution in [0.15, 0.2) is 16.6 Å². The number of benzene rings is 1. The second-order valence-corrected chi connectivity index (χ2v) is 6.39. The van der Waals surface area contributed by atoms with Crippen LogP contribution < -0.4 is 5.32 Å². The van der Waals surface area contributed by atoms with Crippen molar-refractivity contribution in [2.75, 3.05) is 5.32 Å². The van der Waals surface area contributed by atoms with Crippen molar-refractivity contribution in [2.45, 2.75) is 26.7 Å². The van der Waals surface area contributed by atoms with Gasteiger partial charge in [0, 0.05) is 16.1 Å². The molecule has 0 heterocycles. The highest BCUT2D eigenvalue weighted by Crippen LogP contribution is 2.46. The van der Waals surface area contributed by atoms with Gasteiger partial charge in [0.2, 0.25) is 5.91 Å². The van der Waals surface area contributed by atoms with Gasteiger partial charge in [0.15, 0.2) is 0 Å². The molecule has 0 spiro atoms. The van der Waals surface area contributed by atoms with Gasteiger partial charge in [0.05, 0.1) is 16.7 Å². The Morgan fingerprint density at radius 3 is 2.67 bits per heavy atom. The summed E-state index contributed by atoms with van der Waals surface area (Å²) in [5.74, 6) is -0.0619. The van der Waals surface area contributed by atoms with Crippen LogP contribution in [0, 0.1) is 39.7 Å². The molecule has 0 unspecified atom stereocenters. The third-order valence-electron chi connectivity index (χ3n) is 3.77. The van der Waals surface area contributed by atoms with Crippen molar-refractivity contribution in [1.82, 2.24) is 0 Å². The highest BCUT2D eigenvalue weighted by Gasteiger charge is 2.49. The smallest absolute Gasteiger partial charge is 0.274 e. The molecule has 7 heteroatoms. The molecule has 0 aromatic heterocycles. The number of nitro groups is 1. The van der Waals surface area contributed by atoms with E-state index in [1.165, 1.54) is 6.07 Å². The van der Waals surface area contributed by atoms with Gasteiger partial charge in [-0.3, -0.25) is 14.9 Å². The summed E-state index contributed by atoms with van der Waals surface area (Å²) >= 11 is 3.28. The lowest BCUT2D eigenvalue weighted by molar-refractivity contribution is -0.385. The van der Waals surface area contributed by atoms with Crippen molar-refractivity contribution >= 4 is 33.2 Å². The number of rotatable bonds is 3. The Kier molecular flexibility index (Phi) is 4.01. The van der Waals surface area contributed by atoms with E-state index in [1.807, 2.05) is 6.92 Å². The molecule has 0 atom stereocenters. The summed E-state index contributed by atoms with van der Waals surface area (Å²) in [6, 6.07) is 4.96. The first kappa shape index (κ1) is 15.4. The van der Waals surface area contributed by atoms with Crippen LogP contribution in [-0.2, 0) is 4.79 Å². The van der Waals surface area contributed by atoms with E-state index >= 15 is 0 Å². The van der Waals surface area contributed by atoms with E-state index in [2.05, 4.69) is 27.3 Å². The van der Waals surface area contributed by atoms with Crippen LogP contribution in [0.5, 0.6) is 0 Å². The molecule has 2 rings (SSSR count). The lowest BCUT2D eigenvalue weighted by Gasteiger charge is -2.39. The van der Waals surface area contributed by atoms with Crippen LogP contribution >= 0.6 is 15.9 Å². The van der Waals surface area contributed by atoms with Crippen LogP contribution in [-0.4, -0.2) is 10.8 Å². The zero-order chi connectivity index (χ0) is 15.8. The van der Waals surface area contributed by atoms with Gasteiger partial charge >= 0.3 is 0 Å². The van der Waals surface area contributed by atoms with E-state index in [0.29, 0.717) is 34.5 Å². The van der Waals surface area contributed by atoms with E-state index in [9.17, 15) is 20.2 Å². The average molecular weight is 352 g/mol. The standard InChI is InChI=1S/C14H14BrN3O3/c1-8-5-14(6-8,7-16)13(19)17-11-4-12(18(20)21)9(2)3-10(11)15/h3-4,8H,5-6H2,1-2H3,(H,17,19). The van der Waals surface area contributed by atoms with Crippen LogP contribution in [0.25, 0.3) is 0 Å². The van der Waals surface area contributed by atoms with Crippen LogP contribution in [0.4, 0.5) is 11.4 Å². The molecular weight excluding hydrogens is 338 g/mol. The monoisotopic (exact) mass is 351 g/mol. The first-order valence-corrected chi connectivity index (χ1v) is 7.25. The second kappa shape index (κ2) is 5.45. The Morgan fingerprint density at radius 1 is 1.57 bits per heavy atom.